The molecule has 1 heterocycles. The number of hydrogen-bond acceptors (Lipinski definition) is 4. The number of rotatable bonds is 3. The van der Waals surface area contributed by atoms with Gasteiger partial charge in [-0.25, -0.2) is 0 Å². The molecule has 98 valence electrons. The molecule has 5 nitrogen and oxygen atoms in total. The first-order chi connectivity index (χ1) is 9.10. The van der Waals surface area contributed by atoms with Crippen LogP contribution in [-0.4, -0.2) is 16.0 Å². The van der Waals surface area contributed by atoms with E-state index < -0.39 is 0 Å². The number of amidine groups is 1. The first-order valence-electron chi connectivity index (χ1n) is 5.48. The van der Waals surface area contributed by atoms with Gasteiger partial charge in [-0.3, -0.25) is 4.98 Å². The number of ether oxygens (including phenoxy) is 1. The van der Waals surface area contributed by atoms with Gasteiger partial charge in [0.1, 0.15) is 11.5 Å². The Hall–Kier alpha value is -2.27. The van der Waals surface area contributed by atoms with Crippen molar-refractivity contribution in [1.82, 2.24) is 4.98 Å². The third-order valence-electron chi connectivity index (χ3n) is 2.44. The van der Waals surface area contributed by atoms with Gasteiger partial charge in [-0.2, -0.15) is 0 Å². The molecule has 0 aliphatic heterocycles. The molecule has 0 saturated heterocycles. The molecule has 1 aromatic heterocycles. The maximum Gasteiger partial charge on any atom is 0.173 e. The van der Waals surface area contributed by atoms with Gasteiger partial charge in [-0.05, 0) is 31.2 Å². The van der Waals surface area contributed by atoms with Gasteiger partial charge >= 0.3 is 0 Å². The molecule has 2 rings (SSSR count). The summed E-state index contributed by atoms with van der Waals surface area (Å²) in [4.78, 5) is 4.12. The highest BCUT2D eigenvalue weighted by atomic mass is 35.5. The lowest BCUT2D eigenvalue weighted by atomic mass is 10.2. The minimum atomic E-state index is -0.0493. The van der Waals surface area contributed by atoms with Gasteiger partial charge in [-0.15, -0.1) is 0 Å². The molecule has 0 bridgehead atoms. The maximum atomic E-state index is 8.75. The van der Waals surface area contributed by atoms with Gasteiger partial charge in [0.2, 0.25) is 0 Å². The molecule has 0 atom stereocenters. The van der Waals surface area contributed by atoms with Gasteiger partial charge < -0.3 is 15.7 Å². The highest BCUT2D eigenvalue weighted by Crippen LogP contribution is 2.28. The summed E-state index contributed by atoms with van der Waals surface area (Å²) < 4.78 is 5.65. The van der Waals surface area contributed by atoms with E-state index in [1.165, 1.54) is 0 Å². The van der Waals surface area contributed by atoms with Crippen LogP contribution in [0.5, 0.6) is 11.5 Å². The highest BCUT2D eigenvalue weighted by Gasteiger charge is 2.10. The molecular formula is C13H12ClN3O2. The molecule has 0 amide bonds. The van der Waals surface area contributed by atoms with E-state index in [4.69, 9.17) is 27.3 Å². The number of pyridine rings is 1. The molecule has 3 N–H and O–H groups in total. The molecule has 0 fully saturated rings. The topological polar surface area (TPSA) is 80.7 Å². The number of oxime groups is 1. The molecular weight excluding hydrogens is 266 g/mol. The van der Waals surface area contributed by atoms with Crippen molar-refractivity contribution in [3.8, 4) is 11.5 Å². The summed E-state index contributed by atoms with van der Waals surface area (Å²) in [5.41, 5.74) is 6.92. The summed E-state index contributed by atoms with van der Waals surface area (Å²) in [5, 5.41) is 12.2. The van der Waals surface area contributed by atoms with Crippen molar-refractivity contribution < 1.29 is 9.94 Å². The van der Waals surface area contributed by atoms with E-state index in [0.29, 0.717) is 22.1 Å². The van der Waals surface area contributed by atoms with E-state index in [-0.39, 0.29) is 5.84 Å². The zero-order valence-corrected chi connectivity index (χ0v) is 10.9. The first-order valence-corrected chi connectivity index (χ1v) is 5.86. The normalized spacial score (nSPS) is 11.4. The van der Waals surface area contributed by atoms with E-state index >= 15 is 0 Å². The van der Waals surface area contributed by atoms with E-state index in [2.05, 4.69) is 10.1 Å². The first kappa shape index (κ1) is 13.2. The summed E-state index contributed by atoms with van der Waals surface area (Å²) >= 11 is 5.92. The van der Waals surface area contributed by atoms with Gasteiger partial charge in [0.25, 0.3) is 0 Å². The SMILES string of the molecule is Cc1ccc(Oc2cc(Cl)ccc2C(N)=NO)cn1. The maximum absolute atomic E-state index is 8.75. The third kappa shape index (κ3) is 3.14. The second-order valence-corrected chi connectivity index (χ2v) is 4.30. The minimum absolute atomic E-state index is 0.0493. The second kappa shape index (κ2) is 5.58. The zero-order chi connectivity index (χ0) is 13.8. The van der Waals surface area contributed by atoms with Crippen molar-refractivity contribution in [3.63, 3.8) is 0 Å². The van der Waals surface area contributed by atoms with Crippen molar-refractivity contribution in [2.75, 3.05) is 0 Å². The van der Waals surface area contributed by atoms with Crippen LogP contribution in [0, 0.1) is 6.92 Å². The fraction of sp³-hybridized carbons (Fsp3) is 0.0769. The molecule has 0 unspecified atom stereocenters. The summed E-state index contributed by atoms with van der Waals surface area (Å²) in [6, 6.07) is 8.45. The van der Waals surface area contributed by atoms with Crippen molar-refractivity contribution in [2.45, 2.75) is 6.92 Å². The Bertz CT molecular complexity index is 612. The standard InChI is InChI=1S/C13H12ClN3O2/c1-8-2-4-10(7-16-8)19-12-6-9(14)3-5-11(12)13(15)17-18/h2-7,18H,1H3,(H2,15,17). The summed E-state index contributed by atoms with van der Waals surface area (Å²) in [6.07, 6.45) is 1.59. The number of aromatic nitrogens is 1. The van der Waals surface area contributed by atoms with Gasteiger partial charge in [-0.1, -0.05) is 16.8 Å². The molecule has 0 spiro atoms. The van der Waals surface area contributed by atoms with Crippen LogP contribution in [0.25, 0.3) is 0 Å². The number of nitrogens with zero attached hydrogens (tertiary/aromatic N) is 2. The molecule has 2 aromatic rings. The lowest BCUT2D eigenvalue weighted by Gasteiger charge is -2.10. The van der Waals surface area contributed by atoms with Crippen molar-refractivity contribution in [3.05, 3.63) is 52.8 Å². The third-order valence-corrected chi connectivity index (χ3v) is 2.67. The largest absolute Gasteiger partial charge is 0.455 e. The molecule has 6 heteroatoms. The lowest BCUT2D eigenvalue weighted by Crippen LogP contribution is -2.14. The van der Waals surface area contributed by atoms with E-state index in [9.17, 15) is 0 Å². The Kier molecular flexibility index (Phi) is 3.87. The lowest BCUT2D eigenvalue weighted by molar-refractivity contribution is 0.318. The Balaban J connectivity index is 2.38. The molecule has 0 radical (unpaired) electrons. The summed E-state index contributed by atoms with van der Waals surface area (Å²) in [6.45, 7) is 1.88. The predicted octanol–water partition coefficient (Wildman–Crippen LogP) is 2.93. The number of nitrogens with two attached hydrogens (primary N) is 1. The smallest absolute Gasteiger partial charge is 0.173 e. The Morgan fingerprint density at radius 2 is 2.16 bits per heavy atom. The number of aryl methyl sites for hydroxylation is 1. The molecule has 0 aliphatic carbocycles. The van der Waals surface area contributed by atoms with Crippen molar-refractivity contribution in [1.29, 1.82) is 0 Å². The average Bonchev–Trinajstić information content (AvgIpc) is 2.41. The average molecular weight is 278 g/mol. The van der Waals surface area contributed by atoms with Gasteiger partial charge in [0, 0.05) is 16.8 Å². The van der Waals surface area contributed by atoms with Crippen molar-refractivity contribution >= 4 is 17.4 Å². The van der Waals surface area contributed by atoms with Crippen LogP contribution in [-0.2, 0) is 0 Å². The second-order valence-electron chi connectivity index (χ2n) is 3.86. The van der Waals surface area contributed by atoms with Crippen LogP contribution >= 0.6 is 11.6 Å². The molecule has 0 aliphatic rings. The van der Waals surface area contributed by atoms with Crippen LogP contribution < -0.4 is 10.5 Å². The number of benzene rings is 1. The van der Waals surface area contributed by atoms with Crippen LogP contribution in [0.15, 0.2) is 41.7 Å². The highest BCUT2D eigenvalue weighted by molar-refractivity contribution is 6.30. The quantitative estimate of drug-likeness (QED) is 0.391. The Morgan fingerprint density at radius 1 is 1.37 bits per heavy atom. The monoisotopic (exact) mass is 277 g/mol. The Morgan fingerprint density at radius 3 is 2.79 bits per heavy atom. The van der Waals surface area contributed by atoms with Crippen molar-refractivity contribution in [2.24, 2.45) is 10.9 Å². The number of halogens is 1. The van der Waals surface area contributed by atoms with Gasteiger partial charge in [0.05, 0.1) is 11.8 Å². The number of hydrogen-bond donors (Lipinski definition) is 2. The van der Waals surface area contributed by atoms with Crippen LogP contribution in [0.4, 0.5) is 0 Å². The predicted molar refractivity (Wildman–Crippen MR) is 73.0 cm³/mol. The zero-order valence-electron chi connectivity index (χ0n) is 10.2. The molecule has 1 aromatic carbocycles. The summed E-state index contributed by atoms with van der Waals surface area (Å²) in [7, 11) is 0. The minimum Gasteiger partial charge on any atom is -0.455 e. The molecule has 0 saturated carbocycles. The van der Waals surface area contributed by atoms with E-state index in [0.717, 1.165) is 5.69 Å². The van der Waals surface area contributed by atoms with Gasteiger partial charge in [0.15, 0.2) is 5.84 Å². The fourth-order valence-corrected chi connectivity index (χ4v) is 1.65. The van der Waals surface area contributed by atoms with Crippen LogP contribution in [0.2, 0.25) is 5.02 Å². The summed E-state index contributed by atoms with van der Waals surface area (Å²) in [5.74, 6) is 0.889. The molecule has 19 heavy (non-hydrogen) atoms. The Labute approximate surface area is 115 Å². The van der Waals surface area contributed by atoms with E-state index in [1.54, 1.807) is 30.5 Å². The van der Waals surface area contributed by atoms with Crippen LogP contribution in [0.1, 0.15) is 11.3 Å². The fourth-order valence-electron chi connectivity index (χ4n) is 1.49. The van der Waals surface area contributed by atoms with Crippen LogP contribution in [0.3, 0.4) is 0 Å². The van der Waals surface area contributed by atoms with E-state index in [1.807, 2.05) is 13.0 Å².